The van der Waals surface area contributed by atoms with Crippen molar-refractivity contribution in [2.45, 2.75) is 46.6 Å². The highest BCUT2D eigenvalue weighted by Gasteiger charge is 2.16. The van der Waals surface area contributed by atoms with Crippen LogP contribution in [-0.4, -0.2) is 55.5 Å². The number of hydrogen-bond acceptors (Lipinski definition) is 6. The van der Waals surface area contributed by atoms with Crippen LogP contribution in [0.1, 0.15) is 38.7 Å². The molecule has 0 unspecified atom stereocenters. The Morgan fingerprint density at radius 2 is 1.97 bits per heavy atom. The summed E-state index contributed by atoms with van der Waals surface area (Å²) in [4.78, 5) is 40.2. The predicted octanol–water partition coefficient (Wildman–Crippen LogP) is 2.54. The Balaban J connectivity index is 0.000000239. The average molecular weight is 412 g/mol. The van der Waals surface area contributed by atoms with E-state index in [-0.39, 0.29) is 5.56 Å². The Labute approximate surface area is 175 Å². The molecule has 1 fully saturated rings. The number of nitrogens with one attached hydrogen (secondary N) is 1. The molecule has 30 heavy (non-hydrogen) atoms. The van der Waals surface area contributed by atoms with Gasteiger partial charge in [-0.2, -0.15) is 0 Å². The molecule has 9 nitrogen and oxygen atoms in total. The van der Waals surface area contributed by atoms with Gasteiger partial charge >= 0.3 is 0 Å². The van der Waals surface area contributed by atoms with Crippen LogP contribution in [0.15, 0.2) is 23.4 Å². The van der Waals surface area contributed by atoms with Gasteiger partial charge in [-0.25, -0.2) is 15.0 Å². The van der Waals surface area contributed by atoms with E-state index in [1.54, 1.807) is 13.3 Å². The molecule has 1 amide bonds. The molecule has 1 saturated heterocycles. The SMILES string of the molecule is CCC(=O)N1CCCC1.CCn1c(-c2cnc(OC)c(C)c2)nc2c(=O)[nH]cnc21. The van der Waals surface area contributed by atoms with Gasteiger partial charge in [0.05, 0.1) is 13.4 Å². The van der Waals surface area contributed by atoms with E-state index in [0.717, 1.165) is 24.2 Å². The highest BCUT2D eigenvalue weighted by atomic mass is 16.5. The first-order chi connectivity index (χ1) is 14.5. The van der Waals surface area contributed by atoms with Crippen LogP contribution in [0.5, 0.6) is 5.88 Å². The third kappa shape index (κ3) is 4.34. The zero-order valence-electron chi connectivity index (χ0n) is 17.9. The summed E-state index contributed by atoms with van der Waals surface area (Å²) in [7, 11) is 1.58. The van der Waals surface area contributed by atoms with Gasteiger partial charge in [-0.3, -0.25) is 9.59 Å². The van der Waals surface area contributed by atoms with E-state index in [1.165, 1.54) is 19.2 Å². The van der Waals surface area contributed by atoms with E-state index in [0.29, 0.717) is 41.7 Å². The Morgan fingerprint density at radius 1 is 1.23 bits per heavy atom. The molecule has 0 bridgehead atoms. The molecule has 0 atom stereocenters. The number of aromatic amines is 1. The number of fused-ring (bicyclic) bond motifs is 1. The van der Waals surface area contributed by atoms with E-state index in [9.17, 15) is 9.59 Å². The second kappa shape index (κ2) is 9.51. The molecular weight excluding hydrogens is 384 g/mol. The number of nitrogens with zero attached hydrogens (tertiary/aromatic N) is 5. The monoisotopic (exact) mass is 412 g/mol. The molecule has 1 aliphatic heterocycles. The van der Waals surface area contributed by atoms with Gasteiger partial charge in [0.1, 0.15) is 5.82 Å². The van der Waals surface area contributed by atoms with Crippen LogP contribution in [-0.2, 0) is 11.3 Å². The van der Waals surface area contributed by atoms with Crippen molar-refractivity contribution in [3.8, 4) is 17.3 Å². The van der Waals surface area contributed by atoms with Gasteiger partial charge in [0.2, 0.25) is 11.8 Å². The van der Waals surface area contributed by atoms with Crippen LogP contribution in [0.3, 0.4) is 0 Å². The normalized spacial score (nSPS) is 13.3. The number of pyridine rings is 1. The Morgan fingerprint density at radius 3 is 2.57 bits per heavy atom. The van der Waals surface area contributed by atoms with Crippen molar-refractivity contribution in [1.29, 1.82) is 0 Å². The summed E-state index contributed by atoms with van der Waals surface area (Å²) >= 11 is 0. The van der Waals surface area contributed by atoms with Crippen LogP contribution in [0.2, 0.25) is 0 Å². The summed E-state index contributed by atoms with van der Waals surface area (Å²) in [5.41, 5.74) is 2.40. The van der Waals surface area contributed by atoms with Crippen LogP contribution in [0.4, 0.5) is 0 Å². The topological polar surface area (TPSA) is 106 Å². The molecular formula is C21H28N6O3. The lowest BCUT2D eigenvalue weighted by Gasteiger charge is -2.12. The molecule has 0 spiro atoms. The molecule has 160 valence electrons. The van der Waals surface area contributed by atoms with Crippen molar-refractivity contribution in [3.63, 3.8) is 0 Å². The summed E-state index contributed by atoms with van der Waals surface area (Å²) in [6.45, 7) is 8.46. The molecule has 0 aliphatic carbocycles. The summed E-state index contributed by atoms with van der Waals surface area (Å²) in [6, 6.07) is 1.94. The highest BCUT2D eigenvalue weighted by Crippen LogP contribution is 2.25. The summed E-state index contributed by atoms with van der Waals surface area (Å²) in [5, 5.41) is 0. The number of imidazole rings is 1. The number of aryl methyl sites for hydroxylation is 2. The minimum atomic E-state index is -0.244. The van der Waals surface area contributed by atoms with E-state index in [2.05, 4.69) is 19.9 Å². The van der Waals surface area contributed by atoms with E-state index >= 15 is 0 Å². The number of H-pyrrole nitrogens is 1. The molecule has 1 aliphatic rings. The standard InChI is InChI=1S/C14H15N5O2.C7H13NO/c1-4-19-11(9-5-8(2)14(21-3)15-6-9)18-10-12(19)16-7-17-13(10)20;1-2-7(9)8-5-3-4-6-8/h5-7H,4H2,1-3H3,(H,16,17,20);2-6H2,1H3. The summed E-state index contributed by atoms with van der Waals surface area (Å²) in [6.07, 6.45) is 6.14. The first kappa shape index (κ1) is 21.5. The van der Waals surface area contributed by atoms with Gasteiger partial charge < -0.3 is 19.2 Å². The van der Waals surface area contributed by atoms with Crippen molar-refractivity contribution in [2.75, 3.05) is 20.2 Å². The zero-order valence-corrected chi connectivity index (χ0v) is 17.9. The Kier molecular flexibility index (Phi) is 6.81. The molecule has 0 saturated carbocycles. The van der Waals surface area contributed by atoms with Gasteiger partial charge in [-0.15, -0.1) is 0 Å². The smallest absolute Gasteiger partial charge is 0.278 e. The highest BCUT2D eigenvalue weighted by molar-refractivity contribution is 5.76. The van der Waals surface area contributed by atoms with Gasteiger partial charge in [0.25, 0.3) is 5.56 Å². The Hall–Kier alpha value is -3.23. The molecule has 0 aromatic carbocycles. The fourth-order valence-electron chi connectivity index (χ4n) is 3.56. The van der Waals surface area contributed by atoms with E-state index < -0.39 is 0 Å². The average Bonchev–Trinajstić information content (AvgIpc) is 3.42. The fraction of sp³-hybridized carbons (Fsp3) is 0.476. The van der Waals surface area contributed by atoms with Crippen molar-refractivity contribution in [3.05, 3.63) is 34.5 Å². The third-order valence-electron chi connectivity index (χ3n) is 5.10. The summed E-state index contributed by atoms with van der Waals surface area (Å²) in [5.74, 6) is 1.57. The van der Waals surface area contributed by atoms with E-state index in [1.807, 2.05) is 36.3 Å². The number of hydrogen-bond donors (Lipinski definition) is 1. The number of ether oxygens (including phenoxy) is 1. The molecule has 0 radical (unpaired) electrons. The van der Waals surface area contributed by atoms with Crippen LogP contribution in [0.25, 0.3) is 22.6 Å². The Bertz CT molecular complexity index is 1080. The van der Waals surface area contributed by atoms with Crippen molar-refractivity contribution in [1.82, 2.24) is 29.4 Å². The van der Waals surface area contributed by atoms with Crippen LogP contribution < -0.4 is 10.3 Å². The fourth-order valence-corrected chi connectivity index (χ4v) is 3.56. The van der Waals surface area contributed by atoms with E-state index in [4.69, 9.17) is 4.74 Å². The van der Waals surface area contributed by atoms with Crippen LogP contribution >= 0.6 is 0 Å². The lowest BCUT2D eigenvalue weighted by Crippen LogP contribution is -2.26. The molecule has 1 N–H and O–H groups in total. The number of amides is 1. The minimum Gasteiger partial charge on any atom is -0.481 e. The molecule has 3 aromatic rings. The minimum absolute atomic E-state index is 0.244. The number of likely N-dealkylation sites (tertiary alicyclic amines) is 1. The lowest BCUT2D eigenvalue weighted by atomic mass is 10.2. The maximum atomic E-state index is 11.9. The number of rotatable bonds is 4. The molecule has 3 aromatic heterocycles. The largest absolute Gasteiger partial charge is 0.481 e. The van der Waals surface area contributed by atoms with Gasteiger partial charge in [0, 0.05) is 43.4 Å². The summed E-state index contributed by atoms with van der Waals surface area (Å²) < 4.78 is 7.06. The van der Waals surface area contributed by atoms with Gasteiger partial charge in [0.15, 0.2) is 11.2 Å². The number of carbonyl (C=O) groups excluding carboxylic acids is 1. The second-order valence-electron chi connectivity index (χ2n) is 7.08. The van der Waals surface area contributed by atoms with Gasteiger partial charge in [-0.1, -0.05) is 6.92 Å². The molecule has 4 heterocycles. The van der Waals surface area contributed by atoms with Crippen molar-refractivity contribution < 1.29 is 9.53 Å². The molecule has 9 heteroatoms. The lowest BCUT2D eigenvalue weighted by molar-refractivity contribution is -0.129. The van der Waals surface area contributed by atoms with Crippen LogP contribution in [0, 0.1) is 6.92 Å². The second-order valence-corrected chi connectivity index (χ2v) is 7.08. The molecule has 4 rings (SSSR count). The predicted molar refractivity (Wildman–Crippen MR) is 114 cm³/mol. The maximum Gasteiger partial charge on any atom is 0.278 e. The van der Waals surface area contributed by atoms with Gasteiger partial charge in [-0.05, 0) is 32.8 Å². The first-order valence-electron chi connectivity index (χ1n) is 10.2. The number of carbonyl (C=O) groups is 1. The quantitative estimate of drug-likeness (QED) is 0.706. The van der Waals surface area contributed by atoms with Crippen molar-refractivity contribution >= 4 is 17.1 Å². The third-order valence-corrected chi connectivity index (χ3v) is 5.10. The first-order valence-corrected chi connectivity index (χ1v) is 10.2. The zero-order chi connectivity index (χ0) is 21.7. The number of methoxy groups -OCH3 is 1. The number of aromatic nitrogens is 5. The maximum absolute atomic E-state index is 11.9. The van der Waals surface area contributed by atoms with Crippen molar-refractivity contribution in [2.24, 2.45) is 0 Å².